The first-order valence-corrected chi connectivity index (χ1v) is 21.6. The van der Waals surface area contributed by atoms with E-state index in [0.29, 0.717) is 24.9 Å². The molecule has 348 valence electrons. The number of benzene rings is 6. The van der Waals surface area contributed by atoms with E-state index in [9.17, 15) is 28.8 Å². The molecule has 6 aromatic rings. The van der Waals surface area contributed by atoms with Crippen LogP contribution in [0.3, 0.4) is 0 Å². The van der Waals surface area contributed by atoms with E-state index in [1.54, 1.807) is 39.8 Å². The van der Waals surface area contributed by atoms with Gasteiger partial charge in [0.15, 0.2) is 17.3 Å². The van der Waals surface area contributed by atoms with Crippen molar-refractivity contribution in [2.24, 2.45) is 0 Å². The van der Waals surface area contributed by atoms with Gasteiger partial charge in [-0.1, -0.05) is 54.6 Å². The summed E-state index contributed by atoms with van der Waals surface area (Å²) in [7, 11) is 9.34. The summed E-state index contributed by atoms with van der Waals surface area (Å²) in [6, 6.07) is 41.9. The molecule has 0 unspecified atom stereocenters. The van der Waals surface area contributed by atoms with Crippen molar-refractivity contribution in [3.05, 3.63) is 167 Å². The molecule has 12 heteroatoms. The molecule has 0 bridgehead atoms. The summed E-state index contributed by atoms with van der Waals surface area (Å²) in [5.41, 5.74) is 9.29. The Morgan fingerprint density at radius 2 is 0.773 bits per heavy atom. The van der Waals surface area contributed by atoms with Crippen molar-refractivity contribution in [3.8, 4) is 0 Å². The first-order valence-electron chi connectivity index (χ1n) is 21.6. The molecule has 0 spiro atoms. The lowest BCUT2D eigenvalue weighted by Gasteiger charge is -2.05. The van der Waals surface area contributed by atoms with Crippen LogP contribution in [0.5, 0.6) is 0 Å². The van der Waals surface area contributed by atoms with Gasteiger partial charge < -0.3 is 31.9 Å². The van der Waals surface area contributed by atoms with Gasteiger partial charge >= 0.3 is 0 Å². The Morgan fingerprint density at radius 1 is 0.394 bits per heavy atom. The van der Waals surface area contributed by atoms with E-state index in [-0.39, 0.29) is 34.8 Å². The number of rotatable bonds is 15. The van der Waals surface area contributed by atoms with Crippen LogP contribution in [-0.2, 0) is 22.6 Å². The fourth-order valence-corrected chi connectivity index (χ4v) is 5.87. The molecule has 0 heterocycles. The molecule has 66 heavy (non-hydrogen) atoms. The van der Waals surface area contributed by atoms with Gasteiger partial charge in [-0.25, -0.2) is 0 Å². The predicted octanol–water partition coefficient (Wildman–Crippen LogP) is 9.92. The number of nitrogens with one attached hydrogen (secondary N) is 6. The minimum Gasteiger partial charge on any atom is -0.388 e. The molecule has 6 rings (SSSR count). The zero-order chi connectivity index (χ0) is 49.0. The molecule has 0 aliphatic rings. The minimum atomic E-state index is -0.149. The molecule has 12 nitrogen and oxygen atoms in total. The number of fused-ring (bicyclic) bond motifs is 1. The molecule has 0 saturated carbocycles. The van der Waals surface area contributed by atoms with Gasteiger partial charge in [0.05, 0.1) is 0 Å². The largest absolute Gasteiger partial charge is 0.388 e. The van der Waals surface area contributed by atoms with Gasteiger partial charge in [0, 0.05) is 99.1 Å². The Morgan fingerprint density at radius 3 is 1.20 bits per heavy atom. The van der Waals surface area contributed by atoms with Crippen molar-refractivity contribution >= 4 is 68.3 Å². The topological polar surface area (TPSA) is 175 Å². The molecule has 0 atom stereocenters. The minimum absolute atomic E-state index is 0.0748. The maximum Gasteiger partial charge on any atom is 0.251 e. The lowest BCUT2D eigenvalue weighted by Crippen LogP contribution is -2.25. The van der Waals surface area contributed by atoms with Gasteiger partial charge in [-0.15, -0.1) is 0 Å². The molecular weight excluding hydrogens is 829 g/mol. The number of anilines is 4. The van der Waals surface area contributed by atoms with E-state index >= 15 is 0 Å². The second-order valence-corrected chi connectivity index (χ2v) is 15.1. The Balaban J connectivity index is 0.000000285. The van der Waals surface area contributed by atoms with Crippen molar-refractivity contribution in [2.75, 3.05) is 63.1 Å². The second kappa shape index (κ2) is 29.8. The maximum absolute atomic E-state index is 11.6. The summed E-state index contributed by atoms with van der Waals surface area (Å²) in [4.78, 5) is 65.9. The Bertz CT molecular complexity index is 2470. The molecule has 0 saturated heterocycles. The smallest absolute Gasteiger partial charge is 0.251 e. The molecule has 0 aromatic heterocycles. The van der Waals surface area contributed by atoms with Gasteiger partial charge in [0.25, 0.3) is 5.91 Å². The number of carbonyl (C=O) groups is 6. The maximum atomic E-state index is 11.6. The highest BCUT2D eigenvalue weighted by atomic mass is 16.2. The SMILES string of the molecule is CNCc1ccc(C(C)=O)cc1.CNc1ccc(C(=O)NCCC(C)=O)cc1.CNc1ccc(C(C)=O)cc1.CNc1ccc(CC(C)=O)cc1.CNc1ccc2cc(C(C)=O)ccc2c1. The number of hydrogen-bond acceptors (Lipinski definition) is 11. The van der Waals surface area contributed by atoms with Gasteiger partial charge in [0.1, 0.15) is 11.6 Å². The fourth-order valence-electron chi connectivity index (χ4n) is 5.87. The van der Waals surface area contributed by atoms with Crippen LogP contribution >= 0.6 is 0 Å². The average molecular weight is 895 g/mol. The lowest BCUT2D eigenvalue weighted by atomic mass is 10.0. The molecule has 6 N–H and O–H groups in total. The van der Waals surface area contributed by atoms with Crippen LogP contribution in [0, 0.1) is 0 Å². The quantitative estimate of drug-likeness (QED) is 0.0542. The van der Waals surface area contributed by atoms with Crippen LogP contribution in [0.15, 0.2) is 133 Å². The molecule has 0 aliphatic heterocycles. The highest BCUT2D eigenvalue weighted by molar-refractivity contribution is 5.99. The van der Waals surface area contributed by atoms with Gasteiger partial charge in [-0.2, -0.15) is 0 Å². The predicted molar refractivity (Wildman–Crippen MR) is 273 cm³/mol. The van der Waals surface area contributed by atoms with E-state index in [4.69, 9.17) is 0 Å². The summed E-state index contributed by atoms with van der Waals surface area (Å²) < 4.78 is 0. The number of amides is 1. The third kappa shape index (κ3) is 20.8. The monoisotopic (exact) mass is 895 g/mol. The summed E-state index contributed by atoms with van der Waals surface area (Å²) >= 11 is 0. The van der Waals surface area contributed by atoms with Crippen molar-refractivity contribution < 1.29 is 28.8 Å². The van der Waals surface area contributed by atoms with Gasteiger partial charge in [-0.05, 0) is 142 Å². The van der Waals surface area contributed by atoms with Crippen LogP contribution in [0.25, 0.3) is 10.8 Å². The third-order valence-corrected chi connectivity index (χ3v) is 9.75. The van der Waals surface area contributed by atoms with E-state index in [1.807, 2.05) is 150 Å². The normalized spacial score (nSPS) is 9.73. The van der Waals surface area contributed by atoms with Crippen LogP contribution in [0.1, 0.15) is 93.6 Å². The molecule has 0 radical (unpaired) electrons. The molecule has 6 aromatic carbocycles. The van der Waals surface area contributed by atoms with Gasteiger partial charge in [-0.3, -0.25) is 28.8 Å². The number of carbonyl (C=O) groups excluding carboxylic acids is 6. The van der Waals surface area contributed by atoms with Crippen molar-refractivity contribution in [1.82, 2.24) is 10.6 Å². The van der Waals surface area contributed by atoms with Crippen LogP contribution in [0.2, 0.25) is 0 Å². The molecule has 0 fully saturated rings. The summed E-state index contributed by atoms with van der Waals surface area (Å²) in [5, 5.41) is 20.0. The highest BCUT2D eigenvalue weighted by Gasteiger charge is 2.05. The van der Waals surface area contributed by atoms with E-state index < -0.39 is 0 Å². The molecular formula is C54H66N6O6. The Kier molecular flexibility index (Phi) is 24.7. The second-order valence-electron chi connectivity index (χ2n) is 15.1. The van der Waals surface area contributed by atoms with E-state index in [2.05, 4.69) is 38.0 Å². The summed E-state index contributed by atoms with van der Waals surface area (Å²) in [5.74, 6) is 0.454. The first kappa shape index (κ1) is 54.7. The zero-order valence-electron chi connectivity index (χ0n) is 40.0. The number of hydrogen-bond donors (Lipinski definition) is 6. The van der Waals surface area contributed by atoms with E-state index in [1.165, 1.54) is 12.5 Å². The number of Topliss-reactive ketones (excluding diaryl/α,β-unsaturated/α-hetero) is 5. The van der Waals surface area contributed by atoms with Crippen molar-refractivity contribution in [1.29, 1.82) is 0 Å². The Hall–Kier alpha value is -7.44. The standard InChI is InChI=1S/C13H13NO.C12H16N2O2.2C10H13NO.C9H11NO/c1-9(15)10-3-4-12-8-13(14-2)6-5-11(12)7-10;1-9(15)7-8-14-12(16)10-3-5-11(13-2)6-4-10;1-8(12)10-5-3-9(4-6-10)7-11-2;1-8(12)7-9-3-5-10(11-2)6-4-9;1-7(11)8-3-5-9(10-2)6-4-8/h3-8,14H,1-2H3;3-6,13H,7-8H2,1-2H3,(H,14,16);2*3-6,11H,7H2,1-2H3;3-6,10H,1-2H3. The van der Waals surface area contributed by atoms with E-state index in [0.717, 1.165) is 62.3 Å². The fraction of sp³-hybridized carbons (Fsp3) is 0.259. The first-order chi connectivity index (χ1) is 31.5. The average Bonchev–Trinajstić information content (AvgIpc) is 3.32. The van der Waals surface area contributed by atoms with Crippen molar-refractivity contribution in [3.63, 3.8) is 0 Å². The highest BCUT2D eigenvalue weighted by Crippen LogP contribution is 2.20. The summed E-state index contributed by atoms with van der Waals surface area (Å²) in [6.07, 6.45) is 0.907. The molecule has 0 aliphatic carbocycles. The lowest BCUT2D eigenvalue weighted by molar-refractivity contribution is -0.117. The Labute approximate surface area is 390 Å². The summed E-state index contributed by atoms with van der Waals surface area (Å²) in [6.45, 7) is 9.07. The molecule has 1 amide bonds. The van der Waals surface area contributed by atoms with Crippen LogP contribution in [-0.4, -0.2) is 76.6 Å². The van der Waals surface area contributed by atoms with Crippen molar-refractivity contribution in [2.45, 2.75) is 54.0 Å². The third-order valence-electron chi connectivity index (χ3n) is 9.75. The van der Waals surface area contributed by atoms with Crippen LogP contribution in [0.4, 0.5) is 22.7 Å². The number of ketones is 5. The zero-order valence-corrected chi connectivity index (χ0v) is 40.0. The van der Waals surface area contributed by atoms with Gasteiger partial charge in [0.2, 0.25) is 0 Å². The van der Waals surface area contributed by atoms with Crippen LogP contribution < -0.4 is 31.9 Å².